The second-order valence-electron chi connectivity index (χ2n) is 5.33. The molecular formula is C17H14ClN3. The van der Waals surface area contributed by atoms with Gasteiger partial charge in [0.05, 0.1) is 11.9 Å². The fourth-order valence-corrected chi connectivity index (χ4v) is 3.26. The summed E-state index contributed by atoms with van der Waals surface area (Å²) in [6, 6.07) is 8.18. The van der Waals surface area contributed by atoms with Crippen LogP contribution in [-0.2, 0) is 12.8 Å². The summed E-state index contributed by atoms with van der Waals surface area (Å²) in [5.74, 6) is 0. The summed E-state index contributed by atoms with van der Waals surface area (Å²) < 4.78 is 1.86. The molecule has 1 aromatic carbocycles. The molecule has 4 heteroatoms. The minimum absolute atomic E-state index is 0.886. The zero-order chi connectivity index (χ0) is 14.2. The predicted molar refractivity (Wildman–Crippen MR) is 83.8 cm³/mol. The SMILES string of the molecule is Clc1cc(-c2cnn(-c3ccncc3)c2)cc2c1CCC2. The van der Waals surface area contributed by atoms with Crippen LogP contribution in [0.25, 0.3) is 16.8 Å². The molecule has 4 rings (SSSR count). The third-order valence-electron chi connectivity index (χ3n) is 4.00. The van der Waals surface area contributed by atoms with Crippen molar-refractivity contribution in [2.45, 2.75) is 19.3 Å². The van der Waals surface area contributed by atoms with E-state index in [-0.39, 0.29) is 0 Å². The Morgan fingerprint density at radius 2 is 1.90 bits per heavy atom. The molecule has 0 atom stereocenters. The second-order valence-corrected chi connectivity index (χ2v) is 5.74. The fourth-order valence-electron chi connectivity index (χ4n) is 2.93. The van der Waals surface area contributed by atoms with Crippen LogP contribution in [0.1, 0.15) is 17.5 Å². The van der Waals surface area contributed by atoms with Crippen LogP contribution >= 0.6 is 11.6 Å². The van der Waals surface area contributed by atoms with Crippen LogP contribution in [0.5, 0.6) is 0 Å². The van der Waals surface area contributed by atoms with Gasteiger partial charge in [0.15, 0.2) is 0 Å². The number of fused-ring (bicyclic) bond motifs is 1. The molecule has 0 saturated heterocycles. The van der Waals surface area contributed by atoms with Gasteiger partial charge in [0.2, 0.25) is 0 Å². The first kappa shape index (κ1) is 12.6. The maximum atomic E-state index is 6.41. The van der Waals surface area contributed by atoms with Gasteiger partial charge in [-0.15, -0.1) is 0 Å². The number of aromatic nitrogens is 3. The molecule has 21 heavy (non-hydrogen) atoms. The van der Waals surface area contributed by atoms with E-state index in [9.17, 15) is 0 Å². The molecule has 0 bridgehead atoms. The third-order valence-corrected chi connectivity index (χ3v) is 4.34. The molecule has 3 aromatic rings. The van der Waals surface area contributed by atoms with Crippen LogP contribution in [0.4, 0.5) is 0 Å². The maximum absolute atomic E-state index is 6.41. The Hall–Kier alpha value is -2.13. The monoisotopic (exact) mass is 295 g/mol. The normalized spacial score (nSPS) is 13.4. The van der Waals surface area contributed by atoms with E-state index in [4.69, 9.17) is 11.6 Å². The average Bonchev–Trinajstić information content (AvgIpc) is 3.17. The second kappa shape index (κ2) is 5.01. The summed E-state index contributed by atoms with van der Waals surface area (Å²) in [6.45, 7) is 0. The van der Waals surface area contributed by atoms with Crippen LogP contribution in [0.2, 0.25) is 5.02 Å². The molecular weight excluding hydrogens is 282 g/mol. The first-order valence-corrected chi connectivity index (χ1v) is 7.46. The molecule has 104 valence electrons. The Bertz CT molecular complexity index is 793. The van der Waals surface area contributed by atoms with Crippen molar-refractivity contribution in [1.82, 2.24) is 14.8 Å². The molecule has 0 amide bonds. The van der Waals surface area contributed by atoms with E-state index >= 15 is 0 Å². The van der Waals surface area contributed by atoms with Gasteiger partial charge < -0.3 is 0 Å². The van der Waals surface area contributed by atoms with E-state index in [1.165, 1.54) is 17.5 Å². The van der Waals surface area contributed by atoms with Gasteiger partial charge >= 0.3 is 0 Å². The smallest absolute Gasteiger partial charge is 0.0676 e. The molecule has 0 spiro atoms. The first-order valence-electron chi connectivity index (χ1n) is 7.08. The zero-order valence-electron chi connectivity index (χ0n) is 11.5. The average molecular weight is 296 g/mol. The number of pyridine rings is 1. The summed E-state index contributed by atoms with van der Waals surface area (Å²) >= 11 is 6.41. The Kier molecular flexibility index (Phi) is 3.00. The lowest BCUT2D eigenvalue weighted by molar-refractivity contribution is 0.878. The lowest BCUT2D eigenvalue weighted by Crippen LogP contribution is -1.93. The van der Waals surface area contributed by atoms with Crippen molar-refractivity contribution in [2.75, 3.05) is 0 Å². The van der Waals surface area contributed by atoms with E-state index in [0.717, 1.165) is 34.7 Å². The number of aryl methyl sites for hydroxylation is 1. The van der Waals surface area contributed by atoms with Crippen LogP contribution in [0.3, 0.4) is 0 Å². The summed E-state index contributed by atoms with van der Waals surface area (Å²) in [7, 11) is 0. The number of hydrogen-bond donors (Lipinski definition) is 0. The Balaban J connectivity index is 1.75. The van der Waals surface area contributed by atoms with E-state index in [2.05, 4.69) is 22.2 Å². The van der Waals surface area contributed by atoms with Gasteiger partial charge in [0.25, 0.3) is 0 Å². The van der Waals surface area contributed by atoms with Gasteiger partial charge in [-0.25, -0.2) is 4.68 Å². The molecule has 1 aliphatic carbocycles. The Labute approximate surface area is 128 Å². The largest absolute Gasteiger partial charge is 0.265 e. The van der Waals surface area contributed by atoms with Gasteiger partial charge in [0.1, 0.15) is 0 Å². The number of nitrogens with zero attached hydrogens (tertiary/aromatic N) is 3. The van der Waals surface area contributed by atoms with Crippen molar-refractivity contribution in [3.05, 3.63) is 65.2 Å². The highest BCUT2D eigenvalue weighted by molar-refractivity contribution is 6.31. The molecule has 3 nitrogen and oxygen atoms in total. The molecule has 2 heterocycles. The molecule has 0 aliphatic heterocycles. The van der Waals surface area contributed by atoms with Crippen molar-refractivity contribution < 1.29 is 0 Å². The van der Waals surface area contributed by atoms with Crippen molar-refractivity contribution in [3.8, 4) is 16.8 Å². The van der Waals surface area contributed by atoms with Gasteiger partial charge in [-0.3, -0.25) is 4.98 Å². The van der Waals surface area contributed by atoms with Gasteiger partial charge in [-0.05, 0) is 54.2 Å². The Morgan fingerprint density at radius 3 is 2.76 bits per heavy atom. The van der Waals surface area contributed by atoms with Gasteiger partial charge in [-0.2, -0.15) is 5.10 Å². The van der Waals surface area contributed by atoms with Crippen LogP contribution in [-0.4, -0.2) is 14.8 Å². The van der Waals surface area contributed by atoms with E-state index in [1.54, 1.807) is 12.4 Å². The maximum Gasteiger partial charge on any atom is 0.0676 e. The highest BCUT2D eigenvalue weighted by Crippen LogP contribution is 2.34. The molecule has 1 aliphatic rings. The fraction of sp³-hybridized carbons (Fsp3) is 0.176. The van der Waals surface area contributed by atoms with Crippen LogP contribution in [0, 0.1) is 0 Å². The molecule has 0 radical (unpaired) electrons. The highest BCUT2D eigenvalue weighted by Gasteiger charge is 2.16. The topological polar surface area (TPSA) is 30.7 Å². The van der Waals surface area contributed by atoms with Crippen molar-refractivity contribution in [3.63, 3.8) is 0 Å². The van der Waals surface area contributed by atoms with E-state index in [1.807, 2.05) is 29.2 Å². The zero-order valence-corrected chi connectivity index (χ0v) is 12.2. The summed E-state index contributed by atoms with van der Waals surface area (Å²) in [6.07, 6.45) is 10.9. The summed E-state index contributed by atoms with van der Waals surface area (Å²) in [4.78, 5) is 4.03. The molecule has 0 unspecified atom stereocenters. The van der Waals surface area contributed by atoms with Gasteiger partial charge in [-0.1, -0.05) is 17.7 Å². The Morgan fingerprint density at radius 1 is 1.05 bits per heavy atom. The minimum Gasteiger partial charge on any atom is -0.265 e. The summed E-state index contributed by atoms with van der Waals surface area (Å²) in [5, 5.41) is 5.32. The first-order chi connectivity index (χ1) is 10.3. The van der Waals surface area contributed by atoms with Crippen molar-refractivity contribution in [2.24, 2.45) is 0 Å². The molecule has 0 fully saturated rings. The standard InChI is InChI=1S/C17H14ClN3/c18-17-9-13(8-12-2-1-3-16(12)17)14-10-20-21(11-14)15-4-6-19-7-5-15/h4-11H,1-3H2. The molecule has 0 N–H and O–H groups in total. The quantitative estimate of drug-likeness (QED) is 0.713. The summed E-state index contributed by atoms with van der Waals surface area (Å²) in [5.41, 5.74) is 5.93. The number of halogens is 1. The lowest BCUT2D eigenvalue weighted by atomic mass is 10.0. The van der Waals surface area contributed by atoms with Crippen LogP contribution < -0.4 is 0 Å². The van der Waals surface area contributed by atoms with E-state index in [0.29, 0.717) is 0 Å². The minimum atomic E-state index is 0.886. The third kappa shape index (κ3) is 2.24. The van der Waals surface area contributed by atoms with Crippen molar-refractivity contribution in [1.29, 1.82) is 0 Å². The molecule has 0 saturated carbocycles. The highest BCUT2D eigenvalue weighted by atomic mass is 35.5. The van der Waals surface area contributed by atoms with Crippen molar-refractivity contribution >= 4 is 11.6 Å². The van der Waals surface area contributed by atoms with Gasteiger partial charge in [0, 0.05) is 29.2 Å². The predicted octanol–water partition coefficient (Wildman–Crippen LogP) is 4.08. The molecule has 2 aromatic heterocycles. The number of hydrogen-bond acceptors (Lipinski definition) is 2. The van der Waals surface area contributed by atoms with E-state index < -0.39 is 0 Å². The lowest BCUT2D eigenvalue weighted by Gasteiger charge is -2.06. The number of rotatable bonds is 2. The number of benzene rings is 1. The van der Waals surface area contributed by atoms with Crippen LogP contribution in [0.15, 0.2) is 49.1 Å².